The molecular formula is C6H8ClNO2S2. The number of aryl methyl sites for hydroxylation is 1. The van der Waals surface area contributed by atoms with Crippen molar-refractivity contribution in [1.82, 2.24) is 4.98 Å². The van der Waals surface area contributed by atoms with E-state index >= 15 is 0 Å². The first kappa shape index (κ1) is 9.95. The lowest BCUT2D eigenvalue weighted by molar-refractivity contribution is 0.601. The monoisotopic (exact) mass is 225 g/mol. The average molecular weight is 226 g/mol. The van der Waals surface area contributed by atoms with Crippen molar-refractivity contribution in [3.8, 4) is 0 Å². The third-order valence-corrected chi connectivity index (χ3v) is 4.72. The predicted molar refractivity (Wildman–Crippen MR) is 50.0 cm³/mol. The van der Waals surface area contributed by atoms with Gasteiger partial charge >= 0.3 is 0 Å². The van der Waals surface area contributed by atoms with Gasteiger partial charge in [0.05, 0.1) is 11.2 Å². The summed E-state index contributed by atoms with van der Waals surface area (Å²) in [6.07, 6.45) is 0. The van der Waals surface area contributed by atoms with Crippen LogP contribution in [0, 0.1) is 6.92 Å². The van der Waals surface area contributed by atoms with Crippen LogP contribution in [0.3, 0.4) is 0 Å². The summed E-state index contributed by atoms with van der Waals surface area (Å²) in [5.74, 6) is 0. The Morgan fingerprint density at radius 2 is 2.25 bits per heavy atom. The summed E-state index contributed by atoms with van der Waals surface area (Å²) in [6, 6.07) is 0. The van der Waals surface area contributed by atoms with E-state index in [2.05, 4.69) is 4.98 Å². The molecule has 1 aromatic rings. The number of halogens is 1. The summed E-state index contributed by atoms with van der Waals surface area (Å²) in [7, 11) is 1.69. The van der Waals surface area contributed by atoms with Crippen LogP contribution in [0.2, 0.25) is 0 Å². The fourth-order valence-corrected chi connectivity index (χ4v) is 2.97. The normalized spacial score (nSPS) is 14.6. The lowest BCUT2D eigenvalue weighted by Crippen LogP contribution is -2.02. The second-order valence-corrected chi connectivity index (χ2v) is 6.25. The molecule has 0 N–H and O–H groups in total. The SMILES string of the molecule is Cc1ncsc1C(C)S(=O)(=O)Cl. The second-order valence-electron chi connectivity index (χ2n) is 2.42. The highest BCUT2D eigenvalue weighted by Crippen LogP contribution is 2.29. The topological polar surface area (TPSA) is 47.0 Å². The summed E-state index contributed by atoms with van der Waals surface area (Å²) in [5, 5.41) is -0.660. The number of hydrogen-bond donors (Lipinski definition) is 0. The van der Waals surface area contributed by atoms with Crippen LogP contribution in [-0.4, -0.2) is 13.4 Å². The van der Waals surface area contributed by atoms with Crippen molar-refractivity contribution in [2.75, 3.05) is 0 Å². The van der Waals surface area contributed by atoms with Crippen molar-refractivity contribution in [3.05, 3.63) is 16.1 Å². The zero-order valence-electron chi connectivity index (χ0n) is 6.61. The van der Waals surface area contributed by atoms with Gasteiger partial charge in [0.25, 0.3) is 0 Å². The Kier molecular flexibility index (Phi) is 2.75. The number of nitrogens with zero attached hydrogens (tertiary/aromatic N) is 1. The quantitative estimate of drug-likeness (QED) is 0.724. The van der Waals surface area contributed by atoms with E-state index in [0.29, 0.717) is 4.88 Å². The number of hydrogen-bond acceptors (Lipinski definition) is 4. The van der Waals surface area contributed by atoms with Crippen LogP contribution < -0.4 is 0 Å². The first-order valence-electron chi connectivity index (χ1n) is 3.26. The van der Waals surface area contributed by atoms with Gasteiger partial charge < -0.3 is 0 Å². The van der Waals surface area contributed by atoms with Crippen LogP contribution in [0.5, 0.6) is 0 Å². The van der Waals surface area contributed by atoms with Crippen LogP contribution >= 0.6 is 22.0 Å². The molecule has 0 fully saturated rings. The highest BCUT2D eigenvalue weighted by Gasteiger charge is 2.22. The first-order chi connectivity index (χ1) is 5.43. The molecule has 1 rings (SSSR count). The van der Waals surface area contributed by atoms with Crippen molar-refractivity contribution in [3.63, 3.8) is 0 Å². The molecular weight excluding hydrogens is 218 g/mol. The van der Waals surface area contributed by atoms with E-state index in [1.165, 1.54) is 11.3 Å². The highest BCUT2D eigenvalue weighted by molar-refractivity contribution is 8.14. The minimum Gasteiger partial charge on any atom is -0.250 e. The van der Waals surface area contributed by atoms with Gasteiger partial charge in [-0.15, -0.1) is 11.3 Å². The van der Waals surface area contributed by atoms with E-state index in [9.17, 15) is 8.42 Å². The number of aromatic nitrogens is 1. The molecule has 0 amide bonds. The Hall–Kier alpha value is -0.130. The van der Waals surface area contributed by atoms with E-state index in [0.717, 1.165) is 5.69 Å². The van der Waals surface area contributed by atoms with E-state index in [1.54, 1.807) is 19.4 Å². The molecule has 1 atom stereocenters. The van der Waals surface area contributed by atoms with E-state index < -0.39 is 14.3 Å². The minimum atomic E-state index is -3.51. The van der Waals surface area contributed by atoms with Crippen molar-refractivity contribution in [2.45, 2.75) is 19.1 Å². The molecule has 0 aromatic carbocycles. The molecule has 0 radical (unpaired) electrons. The summed E-state index contributed by atoms with van der Waals surface area (Å²) >= 11 is 1.31. The maximum atomic E-state index is 10.9. The Morgan fingerprint density at radius 1 is 1.67 bits per heavy atom. The Labute approximate surface area is 79.8 Å². The van der Waals surface area contributed by atoms with Crippen molar-refractivity contribution in [1.29, 1.82) is 0 Å². The standard InChI is InChI=1S/C6H8ClNO2S2/c1-4-6(11-3-8-4)5(2)12(7,9)10/h3,5H,1-2H3. The van der Waals surface area contributed by atoms with Gasteiger partial charge in [-0.3, -0.25) is 0 Å². The van der Waals surface area contributed by atoms with Gasteiger partial charge in [-0.2, -0.15) is 0 Å². The number of rotatable bonds is 2. The van der Waals surface area contributed by atoms with Crippen LogP contribution in [0.15, 0.2) is 5.51 Å². The van der Waals surface area contributed by atoms with Crippen molar-refractivity contribution < 1.29 is 8.42 Å². The van der Waals surface area contributed by atoms with Crippen molar-refractivity contribution >= 4 is 31.1 Å². The molecule has 0 aliphatic rings. The molecule has 0 saturated heterocycles. The van der Waals surface area contributed by atoms with E-state index in [1.807, 2.05) is 0 Å². The smallest absolute Gasteiger partial charge is 0.240 e. The van der Waals surface area contributed by atoms with Gasteiger partial charge in [0, 0.05) is 15.6 Å². The fourth-order valence-electron chi connectivity index (χ4n) is 0.829. The largest absolute Gasteiger partial charge is 0.250 e. The molecule has 0 spiro atoms. The van der Waals surface area contributed by atoms with E-state index in [-0.39, 0.29) is 0 Å². The lowest BCUT2D eigenvalue weighted by Gasteiger charge is -2.04. The molecule has 6 heteroatoms. The van der Waals surface area contributed by atoms with Gasteiger partial charge in [0.1, 0.15) is 5.25 Å². The summed E-state index contributed by atoms with van der Waals surface area (Å²) in [5.41, 5.74) is 2.35. The van der Waals surface area contributed by atoms with Crippen LogP contribution in [0.4, 0.5) is 0 Å². The van der Waals surface area contributed by atoms with Gasteiger partial charge in [0.15, 0.2) is 0 Å². The molecule has 0 bridgehead atoms. The lowest BCUT2D eigenvalue weighted by atomic mass is 10.3. The highest BCUT2D eigenvalue weighted by atomic mass is 35.7. The van der Waals surface area contributed by atoms with Gasteiger partial charge in [-0.05, 0) is 13.8 Å². The van der Waals surface area contributed by atoms with Gasteiger partial charge in [-0.25, -0.2) is 13.4 Å². The summed E-state index contributed by atoms with van der Waals surface area (Å²) in [4.78, 5) is 4.66. The summed E-state index contributed by atoms with van der Waals surface area (Å²) in [6.45, 7) is 3.33. The zero-order valence-corrected chi connectivity index (χ0v) is 9.00. The minimum absolute atomic E-state index is 0.660. The maximum Gasteiger partial charge on any atom is 0.240 e. The Balaban J connectivity index is 3.09. The molecule has 1 unspecified atom stereocenters. The second kappa shape index (κ2) is 3.32. The van der Waals surface area contributed by atoms with Crippen LogP contribution in [-0.2, 0) is 9.05 Å². The van der Waals surface area contributed by atoms with Crippen molar-refractivity contribution in [2.24, 2.45) is 0 Å². The first-order valence-corrected chi connectivity index (χ1v) is 6.51. The molecule has 0 saturated carbocycles. The molecule has 68 valence electrons. The molecule has 1 aromatic heterocycles. The number of thiazole rings is 1. The zero-order chi connectivity index (χ0) is 9.35. The molecule has 3 nitrogen and oxygen atoms in total. The van der Waals surface area contributed by atoms with E-state index in [4.69, 9.17) is 10.7 Å². The maximum absolute atomic E-state index is 10.9. The molecule has 1 heterocycles. The van der Waals surface area contributed by atoms with Crippen LogP contribution in [0.25, 0.3) is 0 Å². The third-order valence-electron chi connectivity index (χ3n) is 1.57. The fraction of sp³-hybridized carbons (Fsp3) is 0.500. The Morgan fingerprint density at radius 3 is 2.58 bits per heavy atom. The van der Waals surface area contributed by atoms with Gasteiger partial charge in [-0.1, -0.05) is 0 Å². The average Bonchev–Trinajstić information content (AvgIpc) is 2.31. The van der Waals surface area contributed by atoms with Crippen LogP contribution in [0.1, 0.15) is 22.7 Å². The predicted octanol–water partition coefficient (Wildman–Crippen LogP) is 2.08. The Bertz CT molecular complexity index is 371. The molecule has 0 aliphatic carbocycles. The molecule has 0 aliphatic heterocycles. The van der Waals surface area contributed by atoms with Gasteiger partial charge in [0.2, 0.25) is 9.05 Å². The summed E-state index contributed by atoms with van der Waals surface area (Å²) < 4.78 is 21.9. The molecule has 12 heavy (non-hydrogen) atoms. The third kappa shape index (κ3) is 1.97.